The molecule has 0 spiro atoms. The van der Waals surface area contributed by atoms with Crippen LogP contribution in [0.25, 0.3) is 0 Å². The van der Waals surface area contributed by atoms with E-state index < -0.39 is 0 Å². The first kappa shape index (κ1) is 14.0. The lowest BCUT2D eigenvalue weighted by atomic mass is 9.93. The van der Waals surface area contributed by atoms with Crippen molar-refractivity contribution in [2.24, 2.45) is 0 Å². The summed E-state index contributed by atoms with van der Waals surface area (Å²) in [7, 11) is 0. The van der Waals surface area contributed by atoms with Gasteiger partial charge in [0, 0.05) is 5.69 Å². The standard InChI is InChI=1S/C14H20ClNO/c1-4-10(3)12-8-6-7-11(5-2)14(12)16-13(17)9-15/h6-8,10H,4-5,9H2,1-3H3,(H,16,17). The number of carbonyl (C=O) groups excluding carboxylic acids is 1. The molecular weight excluding hydrogens is 234 g/mol. The smallest absolute Gasteiger partial charge is 0.239 e. The number of rotatable bonds is 5. The Kier molecular flexibility index (Phi) is 5.49. The number of anilines is 1. The van der Waals surface area contributed by atoms with Crippen molar-refractivity contribution in [2.75, 3.05) is 11.2 Å². The lowest BCUT2D eigenvalue weighted by Gasteiger charge is -2.18. The number of aryl methyl sites for hydroxylation is 1. The number of benzene rings is 1. The van der Waals surface area contributed by atoms with E-state index in [1.165, 1.54) is 11.1 Å². The Labute approximate surface area is 108 Å². The highest BCUT2D eigenvalue weighted by Crippen LogP contribution is 2.30. The summed E-state index contributed by atoms with van der Waals surface area (Å²) in [6.45, 7) is 6.41. The van der Waals surface area contributed by atoms with Crippen LogP contribution >= 0.6 is 11.6 Å². The molecule has 0 aromatic heterocycles. The minimum absolute atomic E-state index is 0.00199. The topological polar surface area (TPSA) is 29.1 Å². The average Bonchev–Trinajstić information content (AvgIpc) is 2.37. The molecule has 1 unspecified atom stereocenters. The zero-order chi connectivity index (χ0) is 12.8. The summed E-state index contributed by atoms with van der Waals surface area (Å²) in [6, 6.07) is 6.18. The number of hydrogen-bond acceptors (Lipinski definition) is 1. The first-order valence-corrected chi connectivity index (χ1v) is 6.65. The second kappa shape index (κ2) is 6.65. The van der Waals surface area contributed by atoms with E-state index >= 15 is 0 Å². The van der Waals surface area contributed by atoms with Crippen molar-refractivity contribution in [3.05, 3.63) is 29.3 Å². The minimum atomic E-state index is -0.142. The third kappa shape index (κ3) is 3.47. The molecule has 17 heavy (non-hydrogen) atoms. The summed E-state index contributed by atoms with van der Waals surface area (Å²) in [5, 5.41) is 2.92. The van der Waals surface area contributed by atoms with Crippen LogP contribution in [0.1, 0.15) is 44.2 Å². The SMILES string of the molecule is CCc1cccc(C(C)CC)c1NC(=O)CCl. The fourth-order valence-electron chi connectivity index (χ4n) is 1.87. The predicted octanol–water partition coefficient (Wildman–Crippen LogP) is 3.94. The Morgan fingerprint density at radius 3 is 2.65 bits per heavy atom. The molecule has 1 aromatic carbocycles. The highest BCUT2D eigenvalue weighted by Gasteiger charge is 2.13. The Balaban J connectivity index is 3.15. The monoisotopic (exact) mass is 253 g/mol. The zero-order valence-electron chi connectivity index (χ0n) is 10.7. The highest BCUT2D eigenvalue weighted by atomic mass is 35.5. The van der Waals surface area contributed by atoms with Gasteiger partial charge in [-0.15, -0.1) is 11.6 Å². The van der Waals surface area contributed by atoms with Gasteiger partial charge in [0.25, 0.3) is 0 Å². The lowest BCUT2D eigenvalue weighted by molar-refractivity contribution is -0.113. The maximum absolute atomic E-state index is 11.5. The molecule has 0 aliphatic rings. The van der Waals surface area contributed by atoms with Crippen LogP contribution in [0.15, 0.2) is 18.2 Å². The molecule has 0 saturated heterocycles. The fourth-order valence-corrected chi connectivity index (χ4v) is 1.94. The molecule has 1 N–H and O–H groups in total. The third-order valence-corrected chi connectivity index (χ3v) is 3.34. The Hall–Kier alpha value is -1.02. The number of alkyl halides is 1. The van der Waals surface area contributed by atoms with Crippen molar-refractivity contribution in [3.63, 3.8) is 0 Å². The molecule has 2 nitrogen and oxygen atoms in total. The summed E-state index contributed by atoms with van der Waals surface area (Å²) < 4.78 is 0. The lowest BCUT2D eigenvalue weighted by Crippen LogP contribution is -2.16. The molecule has 3 heteroatoms. The number of halogens is 1. The fraction of sp³-hybridized carbons (Fsp3) is 0.500. The van der Waals surface area contributed by atoms with Crippen LogP contribution < -0.4 is 5.32 Å². The Bertz CT molecular complexity index is 390. The van der Waals surface area contributed by atoms with Gasteiger partial charge >= 0.3 is 0 Å². The summed E-state index contributed by atoms with van der Waals surface area (Å²) in [5.74, 6) is 0.294. The van der Waals surface area contributed by atoms with Crippen molar-refractivity contribution in [1.29, 1.82) is 0 Å². The number of nitrogens with one attached hydrogen (secondary N) is 1. The summed E-state index contributed by atoms with van der Waals surface area (Å²) in [4.78, 5) is 11.5. The van der Waals surface area contributed by atoms with Gasteiger partial charge in [0.15, 0.2) is 0 Å². The van der Waals surface area contributed by atoms with E-state index in [-0.39, 0.29) is 11.8 Å². The molecule has 0 bridgehead atoms. The molecule has 0 saturated carbocycles. The van der Waals surface area contributed by atoms with E-state index in [1.54, 1.807) is 0 Å². The number of para-hydroxylation sites is 1. The van der Waals surface area contributed by atoms with Crippen molar-refractivity contribution in [3.8, 4) is 0 Å². The van der Waals surface area contributed by atoms with Crippen molar-refractivity contribution >= 4 is 23.2 Å². The number of amides is 1. The van der Waals surface area contributed by atoms with Crippen LogP contribution in [0.4, 0.5) is 5.69 Å². The van der Waals surface area contributed by atoms with Crippen LogP contribution in [0, 0.1) is 0 Å². The Morgan fingerprint density at radius 2 is 2.12 bits per heavy atom. The minimum Gasteiger partial charge on any atom is -0.325 e. The summed E-state index contributed by atoms with van der Waals surface area (Å²) in [5.41, 5.74) is 3.32. The second-order valence-electron chi connectivity index (χ2n) is 4.23. The molecule has 1 rings (SSSR count). The van der Waals surface area contributed by atoms with Gasteiger partial charge in [0.2, 0.25) is 5.91 Å². The molecule has 1 amide bonds. The molecule has 1 aromatic rings. The van der Waals surface area contributed by atoms with Crippen LogP contribution in [0.3, 0.4) is 0 Å². The summed E-state index contributed by atoms with van der Waals surface area (Å²) in [6.07, 6.45) is 1.96. The zero-order valence-corrected chi connectivity index (χ0v) is 11.5. The van der Waals surface area contributed by atoms with Crippen molar-refractivity contribution in [1.82, 2.24) is 0 Å². The average molecular weight is 254 g/mol. The third-order valence-electron chi connectivity index (χ3n) is 3.09. The van der Waals surface area contributed by atoms with Gasteiger partial charge in [-0.25, -0.2) is 0 Å². The van der Waals surface area contributed by atoms with Gasteiger partial charge in [0.05, 0.1) is 0 Å². The number of hydrogen-bond donors (Lipinski definition) is 1. The maximum Gasteiger partial charge on any atom is 0.239 e. The Morgan fingerprint density at radius 1 is 1.41 bits per heavy atom. The van der Waals surface area contributed by atoms with Crippen LogP contribution in [-0.2, 0) is 11.2 Å². The second-order valence-corrected chi connectivity index (χ2v) is 4.49. The first-order valence-electron chi connectivity index (χ1n) is 6.11. The molecule has 94 valence electrons. The number of carbonyl (C=O) groups is 1. The van der Waals surface area contributed by atoms with E-state index in [2.05, 4.69) is 44.3 Å². The maximum atomic E-state index is 11.5. The highest BCUT2D eigenvalue weighted by molar-refractivity contribution is 6.29. The van der Waals surface area contributed by atoms with E-state index in [4.69, 9.17) is 11.6 Å². The van der Waals surface area contributed by atoms with E-state index in [0.717, 1.165) is 18.5 Å². The van der Waals surface area contributed by atoms with Gasteiger partial charge in [-0.05, 0) is 29.9 Å². The largest absolute Gasteiger partial charge is 0.325 e. The molecule has 0 fully saturated rings. The molecular formula is C14H20ClNO. The molecule has 0 radical (unpaired) electrons. The van der Waals surface area contributed by atoms with Crippen molar-refractivity contribution < 1.29 is 4.79 Å². The normalized spacial score (nSPS) is 12.2. The van der Waals surface area contributed by atoms with Gasteiger partial charge in [-0.2, -0.15) is 0 Å². The van der Waals surface area contributed by atoms with Gasteiger partial charge < -0.3 is 5.32 Å². The molecule has 0 aliphatic carbocycles. The molecule has 0 heterocycles. The van der Waals surface area contributed by atoms with E-state index in [0.29, 0.717) is 5.92 Å². The van der Waals surface area contributed by atoms with Gasteiger partial charge in [0.1, 0.15) is 5.88 Å². The molecule has 0 aliphatic heterocycles. The van der Waals surface area contributed by atoms with Crippen molar-refractivity contribution in [2.45, 2.75) is 39.5 Å². The quantitative estimate of drug-likeness (QED) is 0.792. The van der Waals surface area contributed by atoms with Crippen LogP contribution in [-0.4, -0.2) is 11.8 Å². The van der Waals surface area contributed by atoms with Crippen LogP contribution in [0.2, 0.25) is 0 Å². The van der Waals surface area contributed by atoms with E-state index in [9.17, 15) is 4.79 Å². The first-order chi connectivity index (χ1) is 8.13. The van der Waals surface area contributed by atoms with Crippen LogP contribution in [0.5, 0.6) is 0 Å². The summed E-state index contributed by atoms with van der Waals surface area (Å²) >= 11 is 5.55. The predicted molar refractivity (Wildman–Crippen MR) is 73.9 cm³/mol. The molecule has 1 atom stereocenters. The van der Waals surface area contributed by atoms with E-state index in [1.807, 2.05) is 0 Å². The van der Waals surface area contributed by atoms with Gasteiger partial charge in [-0.1, -0.05) is 39.0 Å². The van der Waals surface area contributed by atoms with Gasteiger partial charge in [-0.3, -0.25) is 4.79 Å².